The molecule has 1 unspecified atom stereocenters. The largest absolute Gasteiger partial charge is 0.462 e. The average molecular weight is 931 g/mol. The van der Waals surface area contributed by atoms with E-state index in [2.05, 4.69) is 81.5 Å². The summed E-state index contributed by atoms with van der Waals surface area (Å²) < 4.78 is 16.8. The highest BCUT2D eigenvalue weighted by atomic mass is 16.6. The lowest BCUT2D eigenvalue weighted by Gasteiger charge is -2.18. The molecule has 0 spiro atoms. The summed E-state index contributed by atoms with van der Waals surface area (Å²) in [5.41, 5.74) is 0. The molecule has 0 aliphatic carbocycles. The van der Waals surface area contributed by atoms with Gasteiger partial charge in [0.1, 0.15) is 13.2 Å². The van der Waals surface area contributed by atoms with Gasteiger partial charge in [-0.15, -0.1) is 0 Å². The summed E-state index contributed by atoms with van der Waals surface area (Å²) in [6.07, 6.45) is 72.5. The van der Waals surface area contributed by atoms with Crippen LogP contribution in [0.2, 0.25) is 0 Å². The van der Waals surface area contributed by atoms with Crippen molar-refractivity contribution in [2.75, 3.05) is 13.2 Å². The number of hydrogen-bond acceptors (Lipinski definition) is 6. The summed E-state index contributed by atoms with van der Waals surface area (Å²) in [6, 6.07) is 0. The van der Waals surface area contributed by atoms with Gasteiger partial charge in [0, 0.05) is 19.3 Å². The maximum absolute atomic E-state index is 12.8. The van der Waals surface area contributed by atoms with Crippen molar-refractivity contribution in [3.05, 3.63) is 97.2 Å². The first-order valence-corrected chi connectivity index (χ1v) is 27.8. The van der Waals surface area contributed by atoms with E-state index in [0.29, 0.717) is 19.3 Å². The van der Waals surface area contributed by atoms with Crippen molar-refractivity contribution >= 4 is 17.9 Å². The molecular formula is C61H102O6. The molecule has 0 radical (unpaired) electrons. The molecule has 0 aromatic rings. The van der Waals surface area contributed by atoms with E-state index >= 15 is 0 Å². The molecule has 1 atom stereocenters. The molecule has 0 aromatic heterocycles. The van der Waals surface area contributed by atoms with Crippen LogP contribution in [-0.4, -0.2) is 37.2 Å². The minimum Gasteiger partial charge on any atom is -0.462 e. The number of unbranched alkanes of at least 4 members (excludes halogenated alkanes) is 28. The molecule has 0 heterocycles. The van der Waals surface area contributed by atoms with Gasteiger partial charge in [0.15, 0.2) is 6.10 Å². The Bertz CT molecular complexity index is 1350. The van der Waals surface area contributed by atoms with Crippen LogP contribution in [0.5, 0.6) is 0 Å². The third-order valence-corrected chi connectivity index (χ3v) is 11.8. The van der Waals surface area contributed by atoms with Crippen molar-refractivity contribution in [1.29, 1.82) is 0 Å². The molecule has 382 valence electrons. The molecule has 67 heavy (non-hydrogen) atoms. The highest BCUT2D eigenvalue weighted by molar-refractivity contribution is 5.71. The van der Waals surface area contributed by atoms with E-state index in [1.165, 1.54) is 116 Å². The van der Waals surface area contributed by atoms with E-state index in [-0.39, 0.29) is 31.1 Å². The number of carbonyl (C=O) groups is 3. The molecule has 6 nitrogen and oxygen atoms in total. The van der Waals surface area contributed by atoms with Crippen LogP contribution < -0.4 is 0 Å². The summed E-state index contributed by atoms with van der Waals surface area (Å²) in [7, 11) is 0. The Morgan fingerprint density at radius 1 is 0.313 bits per heavy atom. The van der Waals surface area contributed by atoms with Gasteiger partial charge >= 0.3 is 17.9 Å². The first-order chi connectivity index (χ1) is 33.0. The van der Waals surface area contributed by atoms with E-state index in [4.69, 9.17) is 14.2 Å². The summed E-state index contributed by atoms with van der Waals surface area (Å²) in [6.45, 7) is 6.42. The average Bonchev–Trinajstić information content (AvgIpc) is 3.33. The van der Waals surface area contributed by atoms with Gasteiger partial charge in [-0.05, 0) is 64.2 Å². The fraction of sp³-hybridized carbons (Fsp3) is 0.689. The van der Waals surface area contributed by atoms with E-state index in [0.717, 1.165) is 96.3 Å². The Kier molecular flexibility index (Phi) is 51.9. The predicted molar refractivity (Wildman–Crippen MR) is 288 cm³/mol. The fourth-order valence-electron chi connectivity index (χ4n) is 7.58. The fourth-order valence-corrected chi connectivity index (χ4v) is 7.58. The highest BCUT2D eigenvalue weighted by Crippen LogP contribution is 2.16. The molecule has 0 aromatic carbocycles. The number of allylic oxidation sites excluding steroid dienone is 16. The van der Waals surface area contributed by atoms with E-state index < -0.39 is 6.10 Å². The predicted octanol–water partition coefficient (Wildman–Crippen LogP) is 18.5. The normalized spacial score (nSPS) is 12.8. The molecule has 0 amide bonds. The third-order valence-electron chi connectivity index (χ3n) is 11.8. The van der Waals surface area contributed by atoms with Crippen LogP contribution in [0.25, 0.3) is 0 Å². The Hall–Kier alpha value is -3.67. The number of carbonyl (C=O) groups excluding carboxylic acids is 3. The van der Waals surface area contributed by atoms with Crippen molar-refractivity contribution < 1.29 is 28.6 Å². The molecular weight excluding hydrogens is 829 g/mol. The second-order valence-electron chi connectivity index (χ2n) is 18.3. The topological polar surface area (TPSA) is 78.9 Å². The van der Waals surface area contributed by atoms with Crippen LogP contribution in [0.15, 0.2) is 97.2 Å². The van der Waals surface area contributed by atoms with Gasteiger partial charge in [0.25, 0.3) is 0 Å². The Morgan fingerprint density at radius 3 is 0.955 bits per heavy atom. The minimum atomic E-state index is -0.803. The van der Waals surface area contributed by atoms with Crippen LogP contribution >= 0.6 is 0 Å². The zero-order valence-electron chi connectivity index (χ0n) is 43.6. The highest BCUT2D eigenvalue weighted by Gasteiger charge is 2.19. The smallest absolute Gasteiger partial charge is 0.306 e. The Labute approximate surface area is 413 Å². The van der Waals surface area contributed by atoms with Crippen LogP contribution in [0.1, 0.15) is 252 Å². The van der Waals surface area contributed by atoms with Crippen LogP contribution in [-0.2, 0) is 28.6 Å². The van der Waals surface area contributed by atoms with Crippen molar-refractivity contribution in [3.8, 4) is 0 Å². The van der Waals surface area contributed by atoms with Crippen LogP contribution in [0.4, 0.5) is 0 Å². The molecule has 0 rings (SSSR count). The molecule has 6 heteroatoms. The first kappa shape index (κ1) is 63.3. The van der Waals surface area contributed by atoms with Crippen molar-refractivity contribution in [1.82, 2.24) is 0 Å². The zero-order chi connectivity index (χ0) is 48.6. The standard InChI is InChI=1S/C61H102O6/c1-4-7-10-13-16-19-22-25-27-29-31-33-36-39-42-45-48-51-54-60(63)66-57-58(56-65-59(62)53-50-47-44-41-38-35-24-21-18-15-12-9-6-3)67-61(64)55-52-49-46-43-40-37-34-32-30-28-26-23-20-17-14-11-8-5-2/h9,12,15-16,18-19,21-22,24-25,27,29,31,33,35,38,58H,4-8,10-11,13-14,17,20,23,26,28,30,32,34,36-37,39-57H2,1-3H3/b12-9-,18-15-,19-16-,24-21-,25-22-,29-27-,33-31-,38-35-. The minimum absolute atomic E-state index is 0.102. The summed E-state index contributed by atoms with van der Waals surface area (Å²) in [5, 5.41) is 0. The lowest BCUT2D eigenvalue weighted by Crippen LogP contribution is -2.30. The monoisotopic (exact) mass is 931 g/mol. The quantitative estimate of drug-likeness (QED) is 0.0262. The van der Waals surface area contributed by atoms with Gasteiger partial charge in [-0.2, -0.15) is 0 Å². The van der Waals surface area contributed by atoms with E-state index in [1.54, 1.807) is 0 Å². The molecule has 0 aliphatic rings. The van der Waals surface area contributed by atoms with Crippen LogP contribution in [0, 0.1) is 0 Å². The lowest BCUT2D eigenvalue weighted by atomic mass is 10.0. The van der Waals surface area contributed by atoms with Crippen molar-refractivity contribution in [2.45, 2.75) is 258 Å². The number of ether oxygens (including phenoxy) is 3. The van der Waals surface area contributed by atoms with Gasteiger partial charge in [-0.3, -0.25) is 14.4 Å². The number of rotatable bonds is 49. The number of esters is 3. The zero-order valence-corrected chi connectivity index (χ0v) is 43.6. The van der Waals surface area contributed by atoms with Gasteiger partial charge in [0.2, 0.25) is 0 Å². The Balaban J connectivity index is 4.46. The maximum atomic E-state index is 12.8. The Morgan fingerprint density at radius 2 is 0.582 bits per heavy atom. The summed E-state index contributed by atoms with van der Waals surface area (Å²) >= 11 is 0. The molecule has 0 saturated heterocycles. The van der Waals surface area contributed by atoms with Gasteiger partial charge in [-0.1, -0.05) is 266 Å². The van der Waals surface area contributed by atoms with Gasteiger partial charge in [-0.25, -0.2) is 0 Å². The summed E-state index contributed by atoms with van der Waals surface area (Å²) in [5.74, 6) is -0.958. The molecule has 0 aliphatic heterocycles. The van der Waals surface area contributed by atoms with E-state index in [9.17, 15) is 14.4 Å². The van der Waals surface area contributed by atoms with Crippen molar-refractivity contribution in [2.24, 2.45) is 0 Å². The third kappa shape index (κ3) is 53.2. The molecule has 0 bridgehead atoms. The second-order valence-corrected chi connectivity index (χ2v) is 18.3. The lowest BCUT2D eigenvalue weighted by molar-refractivity contribution is -0.167. The second kappa shape index (κ2) is 54.9. The van der Waals surface area contributed by atoms with Crippen LogP contribution in [0.3, 0.4) is 0 Å². The van der Waals surface area contributed by atoms with Gasteiger partial charge in [0.05, 0.1) is 0 Å². The maximum Gasteiger partial charge on any atom is 0.306 e. The molecule has 0 saturated carbocycles. The SMILES string of the molecule is CC\C=C/C=C\C=C/C=C\CCCCCC(=O)OCC(COC(=O)CCCCCCC\C=C/C=C\C=C/C=C\CCCCC)OC(=O)CCCCCCCCCCCCCCCCCCCC. The van der Waals surface area contributed by atoms with E-state index in [1.807, 2.05) is 36.5 Å². The molecule has 0 N–H and O–H groups in total. The van der Waals surface area contributed by atoms with Crippen molar-refractivity contribution in [3.63, 3.8) is 0 Å². The number of hydrogen-bond donors (Lipinski definition) is 0. The summed E-state index contributed by atoms with van der Waals surface area (Å²) in [4.78, 5) is 38.1. The van der Waals surface area contributed by atoms with Gasteiger partial charge < -0.3 is 14.2 Å². The first-order valence-electron chi connectivity index (χ1n) is 27.8. The molecule has 0 fully saturated rings.